The van der Waals surface area contributed by atoms with Crippen LogP contribution in [0.3, 0.4) is 0 Å². The van der Waals surface area contributed by atoms with Crippen molar-refractivity contribution in [3.8, 4) is 0 Å². The molecule has 12 heavy (non-hydrogen) atoms. The van der Waals surface area contributed by atoms with Gasteiger partial charge >= 0.3 is 6.23 Å². The monoisotopic (exact) mass is 169 g/mol. The lowest BCUT2D eigenvalue weighted by molar-refractivity contribution is -0.624. The lowest BCUT2D eigenvalue weighted by Crippen LogP contribution is -2.12. The smallest absolute Gasteiger partial charge is 0.261 e. The molecule has 0 aliphatic rings. The number of rotatable bonds is 3. The molecule has 1 aromatic rings. The minimum absolute atomic E-state index is 0.310. The molecule has 1 unspecified atom stereocenters. The molecule has 0 heterocycles. The van der Waals surface area contributed by atoms with Crippen LogP contribution in [0.25, 0.3) is 0 Å². The van der Waals surface area contributed by atoms with Crippen LogP contribution in [0.5, 0.6) is 0 Å². The van der Waals surface area contributed by atoms with Crippen molar-refractivity contribution in [1.29, 1.82) is 0 Å². The van der Waals surface area contributed by atoms with Gasteiger partial charge in [0, 0.05) is 0 Å². The molecule has 0 aliphatic carbocycles. The Bertz CT molecular complexity index is 261. The molecule has 1 aromatic carbocycles. The van der Waals surface area contributed by atoms with Crippen molar-refractivity contribution < 1.29 is 15.1 Å². The van der Waals surface area contributed by atoms with Gasteiger partial charge in [0.1, 0.15) is 0 Å². The van der Waals surface area contributed by atoms with E-state index in [9.17, 15) is 10.1 Å². The number of benzene rings is 1. The average molecular weight is 169 g/mol. The summed E-state index contributed by atoms with van der Waals surface area (Å²) in [6.45, 7) is 0. The number of nitrogens with zero attached hydrogens (tertiary/aromatic N) is 1. The van der Waals surface area contributed by atoms with Crippen molar-refractivity contribution >= 4 is 0 Å². The third-order valence-electron chi connectivity index (χ3n) is 1.38. The predicted molar refractivity (Wildman–Crippen MR) is 39.9 cm³/mol. The van der Waals surface area contributed by atoms with Gasteiger partial charge in [-0.05, 0) is 12.1 Å². The van der Waals surface area contributed by atoms with E-state index >= 15 is 0 Å². The standard InChI is InChI=1S/C7H7NO4/c9-8(10)7(12-11)6-4-2-1-3-5-6/h1-5,7,11H. The molecule has 0 saturated heterocycles. The van der Waals surface area contributed by atoms with Crippen LogP contribution in [0, 0.1) is 10.1 Å². The Balaban J connectivity index is 2.88. The van der Waals surface area contributed by atoms with Gasteiger partial charge in [-0.15, -0.1) is 0 Å². The van der Waals surface area contributed by atoms with Crippen molar-refractivity contribution in [2.75, 3.05) is 0 Å². The Morgan fingerprint density at radius 2 is 2.00 bits per heavy atom. The zero-order valence-electron chi connectivity index (χ0n) is 6.08. The maximum atomic E-state index is 10.3. The number of hydrogen-bond donors (Lipinski definition) is 1. The first kappa shape index (κ1) is 8.63. The highest BCUT2D eigenvalue weighted by atomic mass is 17.1. The molecule has 0 radical (unpaired) electrons. The first-order valence-electron chi connectivity index (χ1n) is 3.24. The molecular formula is C7H7NO4. The van der Waals surface area contributed by atoms with Crippen molar-refractivity contribution in [2.24, 2.45) is 0 Å². The van der Waals surface area contributed by atoms with E-state index < -0.39 is 11.2 Å². The highest BCUT2D eigenvalue weighted by molar-refractivity contribution is 5.15. The van der Waals surface area contributed by atoms with E-state index in [0.29, 0.717) is 5.56 Å². The number of nitro groups is 1. The largest absolute Gasteiger partial charge is 0.367 e. The van der Waals surface area contributed by atoms with E-state index in [-0.39, 0.29) is 0 Å². The summed E-state index contributed by atoms with van der Waals surface area (Å²) in [5.41, 5.74) is 0.310. The Labute approximate surface area is 68.3 Å². The second kappa shape index (κ2) is 3.80. The molecule has 0 saturated carbocycles. The minimum Gasteiger partial charge on any atom is -0.261 e. The van der Waals surface area contributed by atoms with E-state index in [2.05, 4.69) is 4.89 Å². The Morgan fingerprint density at radius 1 is 1.42 bits per heavy atom. The van der Waals surface area contributed by atoms with Gasteiger partial charge in [0.15, 0.2) is 0 Å². The molecule has 0 amide bonds. The van der Waals surface area contributed by atoms with Crippen LogP contribution in [0.15, 0.2) is 30.3 Å². The van der Waals surface area contributed by atoms with Gasteiger partial charge in [0.25, 0.3) is 0 Å². The first-order chi connectivity index (χ1) is 5.75. The fourth-order valence-corrected chi connectivity index (χ4v) is 0.839. The third kappa shape index (κ3) is 1.77. The lowest BCUT2D eigenvalue weighted by atomic mass is 10.2. The minimum atomic E-state index is -1.49. The summed E-state index contributed by atoms with van der Waals surface area (Å²) in [6, 6.07) is 7.99. The maximum absolute atomic E-state index is 10.3. The SMILES string of the molecule is O=[N+]([O-])C(OO)c1ccccc1. The molecular weight excluding hydrogens is 162 g/mol. The molecule has 0 aromatic heterocycles. The third-order valence-corrected chi connectivity index (χ3v) is 1.38. The van der Waals surface area contributed by atoms with Gasteiger partial charge in [-0.1, -0.05) is 18.2 Å². The second-order valence-corrected chi connectivity index (χ2v) is 2.15. The topological polar surface area (TPSA) is 72.6 Å². The molecule has 0 bridgehead atoms. The fourth-order valence-electron chi connectivity index (χ4n) is 0.839. The van der Waals surface area contributed by atoms with E-state index in [4.69, 9.17) is 5.26 Å². The second-order valence-electron chi connectivity index (χ2n) is 2.15. The van der Waals surface area contributed by atoms with Crippen molar-refractivity contribution in [3.05, 3.63) is 46.0 Å². The van der Waals surface area contributed by atoms with E-state index in [1.807, 2.05) is 0 Å². The Morgan fingerprint density at radius 3 is 2.42 bits per heavy atom. The van der Waals surface area contributed by atoms with Gasteiger partial charge in [-0.3, -0.25) is 10.1 Å². The summed E-state index contributed by atoms with van der Waals surface area (Å²) in [5.74, 6) is 0. The zero-order valence-corrected chi connectivity index (χ0v) is 6.08. The first-order valence-corrected chi connectivity index (χ1v) is 3.24. The summed E-state index contributed by atoms with van der Waals surface area (Å²) in [6.07, 6.45) is -1.49. The van der Waals surface area contributed by atoms with Crippen LogP contribution in [-0.2, 0) is 4.89 Å². The van der Waals surface area contributed by atoms with Crippen LogP contribution >= 0.6 is 0 Å². The van der Waals surface area contributed by atoms with Crippen molar-refractivity contribution in [3.63, 3.8) is 0 Å². The van der Waals surface area contributed by atoms with Crippen LogP contribution in [-0.4, -0.2) is 10.2 Å². The molecule has 0 spiro atoms. The highest BCUT2D eigenvalue weighted by Gasteiger charge is 2.22. The van der Waals surface area contributed by atoms with Crippen LogP contribution < -0.4 is 0 Å². The molecule has 64 valence electrons. The molecule has 5 nitrogen and oxygen atoms in total. The molecule has 0 aliphatic heterocycles. The maximum Gasteiger partial charge on any atom is 0.367 e. The summed E-state index contributed by atoms with van der Waals surface area (Å²) in [7, 11) is 0. The number of hydrogen-bond acceptors (Lipinski definition) is 4. The van der Waals surface area contributed by atoms with Crippen LogP contribution in [0.2, 0.25) is 0 Å². The molecule has 1 rings (SSSR count). The summed E-state index contributed by atoms with van der Waals surface area (Å²) < 4.78 is 0. The quantitative estimate of drug-likeness (QED) is 0.321. The molecule has 1 atom stereocenters. The van der Waals surface area contributed by atoms with Gasteiger partial charge in [-0.2, -0.15) is 4.89 Å². The van der Waals surface area contributed by atoms with Gasteiger partial charge in [0.2, 0.25) is 0 Å². The van der Waals surface area contributed by atoms with Gasteiger partial charge in [0.05, 0.1) is 10.5 Å². The van der Waals surface area contributed by atoms with Gasteiger partial charge < -0.3 is 0 Å². The van der Waals surface area contributed by atoms with E-state index in [1.54, 1.807) is 18.2 Å². The molecule has 5 heteroatoms. The average Bonchev–Trinajstić information content (AvgIpc) is 2.07. The lowest BCUT2D eigenvalue weighted by Gasteiger charge is -2.03. The molecule has 0 fully saturated rings. The van der Waals surface area contributed by atoms with Crippen LogP contribution in [0.4, 0.5) is 0 Å². The summed E-state index contributed by atoms with van der Waals surface area (Å²) >= 11 is 0. The summed E-state index contributed by atoms with van der Waals surface area (Å²) in [5, 5.41) is 18.5. The normalized spacial score (nSPS) is 12.4. The van der Waals surface area contributed by atoms with E-state index in [1.165, 1.54) is 12.1 Å². The fraction of sp³-hybridized carbons (Fsp3) is 0.143. The van der Waals surface area contributed by atoms with Crippen molar-refractivity contribution in [1.82, 2.24) is 0 Å². The Hall–Kier alpha value is -1.46. The predicted octanol–water partition coefficient (Wildman–Crippen LogP) is 1.45. The highest BCUT2D eigenvalue weighted by Crippen LogP contribution is 2.15. The summed E-state index contributed by atoms with van der Waals surface area (Å²) in [4.78, 5) is 13.2. The van der Waals surface area contributed by atoms with Gasteiger partial charge in [-0.25, -0.2) is 5.26 Å². The van der Waals surface area contributed by atoms with Crippen molar-refractivity contribution in [2.45, 2.75) is 6.23 Å². The van der Waals surface area contributed by atoms with Crippen LogP contribution in [0.1, 0.15) is 11.8 Å². The zero-order chi connectivity index (χ0) is 8.97. The van der Waals surface area contributed by atoms with E-state index in [0.717, 1.165) is 0 Å². The molecule has 1 N–H and O–H groups in total. The Kier molecular flexibility index (Phi) is 2.73.